The van der Waals surface area contributed by atoms with Crippen LogP contribution in [0.1, 0.15) is 36.1 Å². The Bertz CT molecular complexity index is 849. The average Bonchev–Trinajstić information content (AvgIpc) is 3.30. The lowest BCUT2D eigenvalue weighted by atomic mass is 9.95. The molecule has 0 radical (unpaired) electrons. The predicted molar refractivity (Wildman–Crippen MR) is 111 cm³/mol. The smallest absolute Gasteiger partial charge is 0.305 e. The molecule has 1 fully saturated rings. The fourth-order valence-corrected chi connectivity index (χ4v) is 5.48. The highest BCUT2D eigenvalue weighted by atomic mass is 32.2. The van der Waals surface area contributed by atoms with Gasteiger partial charge in [0.1, 0.15) is 0 Å². The van der Waals surface area contributed by atoms with Crippen molar-refractivity contribution < 1.29 is 9.53 Å². The largest absolute Gasteiger partial charge is 0.469 e. The molecule has 0 amide bonds. The first-order valence-corrected chi connectivity index (χ1v) is 11.2. The van der Waals surface area contributed by atoms with Crippen LogP contribution in [0.4, 0.5) is 5.13 Å². The standard InChI is InChI=1S/C20H23N3O2S2/c1-25-18(24)9-5-4-8-16-12-26-19(21-16)22-20-23-11-15-7-3-2-6-14(15)10-17(23)13-27-20/h2-3,6-7,12,17H,4-5,8-11,13H2,1H3. The highest BCUT2D eigenvalue weighted by Gasteiger charge is 2.34. The number of esters is 1. The summed E-state index contributed by atoms with van der Waals surface area (Å²) < 4.78 is 4.67. The molecule has 0 N–H and O–H groups in total. The van der Waals surface area contributed by atoms with Crippen molar-refractivity contribution in [3.05, 3.63) is 46.5 Å². The van der Waals surface area contributed by atoms with Crippen molar-refractivity contribution in [1.29, 1.82) is 0 Å². The van der Waals surface area contributed by atoms with Gasteiger partial charge in [-0.25, -0.2) is 4.98 Å². The Morgan fingerprint density at radius 3 is 3.04 bits per heavy atom. The maximum absolute atomic E-state index is 11.2. The quantitative estimate of drug-likeness (QED) is 0.537. The number of amidine groups is 1. The number of carbonyl (C=O) groups is 1. The normalized spacial score (nSPS) is 19.8. The van der Waals surface area contributed by atoms with Gasteiger partial charge in [-0.15, -0.1) is 11.3 Å². The summed E-state index contributed by atoms with van der Waals surface area (Å²) in [4.78, 5) is 23.1. The molecule has 27 heavy (non-hydrogen) atoms. The van der Waals surface area contributed by atoms with Crippen molar-refractivity contribution in [3.63, 3.8) is 0 Å². The summed E-state index contributed by atoms with van der Waals surface area (Å²) in [6.07, 6.45) is 4.23. The molecule has 2 aliphatic rings. The fourth-order valence-electron chi connectivity index (χ4n) is 3.53. The van der Waals surface area contributed by atoms with Crippen molar-refractivity contribution in [2.24, 2.45) is 4.99 Å². The van der Waals surface area contributed by atoms with Crippen LogP contribution in [-0.2, 0) is 28.9 Å². The SMILES string of the molecule is COC(=O)CCCCc1csc(N=C2SCC3Cc4ccccc4CN23)n1. The molecule has 7 heteroatoms. The molecule has 0 saturated carbocycles. The molecule has 1 saturated heterocycles. The zero-order valence-electron chi connectivity index (χ0n) is 15.4. The monoisotopic (exact) mass is 401 g/mol. The third-order valence-electron chi connectivity index (χ3n) is 5.03. The first-order chi connectivity index (χ1) is 13.2. The van der Waals surface area contributed by atoms with E-state index in [1.165, 1.54) is 18.2 Å². The first kappa shape index (κ1) is 18.5. The minimum atomic E-state index is -0.142. The van der Waals surface area contributed by atoms with Crippen molar-refractivity contribution >= 4 is 39.4 Å². The molecule has 4 rings (SSSR count). The van der Waals surface area contributed by atoms with Crippen LogP contribution in [0.25, 0.3) is 0 Å². The van der Waals surface area contributed by atoms with Crippen LogP contribution < -0.4 is 0 Å². The molecule has 3 heterocycles. The molecule has 0 spiro atoms. The Hall–Kier alpha value is -1.86. The van der Waals surface area contributed by atoms with E-state index in [0.717, 1.165) is 54.0 Å². The van der Waals surface area contributed by atoms with Crippen LogP contribution in [0.2, 0.25) is 0 Å². The Labute approximate surface area is 167 Å². The second-order valence-corrected chi connectivity index (χ2v) is 8.69. The topological polar surface area (TPSA) is 54.8 Å². The van der Waals surface area contributed by atoms with Crippen molar-refractivity contribution in [2.45, 2.75) is 44.7 Å². The number of unbranched alkanes of at least 4 members (excludes halogenated alkanes) is 1. The van der Waals surface area contributed by atoms with Gasteiger partial charge in [-0.1, -0.05) is 36.0 Å². The number of thiazole rings is 1. The summed E-state index contributed by atoms with van der Waals surface area (Å²) in [5.74, 6) is 0.954. The number of carbonyl (C=O) groups excluding carboxylic acids is 1. The van der Waals surface area contributed by atoms with Gasteiger partial charge in [0.25, 0.3) is 0 Å². The van der Waals surface area contributed by atoms with E-state index in [2.05, 4.69) is 44.3 Å². The number of aryl methyl sites for hydroxylation is 1. The fraction of sp³-hybridized carbons (Fsp3) is 0.450. The lowest BCUT2D eigenvalue weighted by Gasteiger charge is -2.32. The zero-order chi connectivity index (χ0) is 18.6. The van der Waals surface area contributed by atoms with Crippen LogP contribution in [0.15, 0.2) is 34.6 Å². The highest BCUT2D eigenvalue weighted by molar-refractivity contribution is 8.14. The first-order valence-electron chi connectivity index (χ1n) is 9.29. The number of methoxy groups -OCH3 is 1. The van der Waals surface area contributed by atoms with Gasteiger partial charge in [-0.2, -0.15) is 4.99 Å². The number of hydrogen-bond acceptors (Lipinski definition) is 6. The number of thioether (sulfide) groups is 1. The molecule has 142 valence electrons. The van der Waals surface area contributed by atoms with E-state index in [-0.39, 0.29) is 5.97 Å². The summed E-state index contributed by atoms with van der Waals surface area (Å²) in [5.41, 5.74) is 3.95. The van der Waals surface area contributed by atoms with Crippen LogP contribution in [0, 0.1) is 0 Å². The molecule has 1 aromatic heterocycles. The molecule has 1 unspecified atom stereocenters. The van der Waals surface area contributed by atoms with Crippen LogP contribution >= 0.6 is 23.1 Å². The van der Waals surface area contributed by atoms with E-state index in [9.17, 15) is 4.79 Å². The van der Waals surface area contributed by atoms with E-state index in [1.54, 1.807) is 11.3 Å². The predicted octanol–water partition coefficient (Wildman–Crippen LogP) is 4.19. The number of rotatable bonds is 6. The summed E-state index contributed by atoms with van der Waals surface area (Å²) >= 11 is 3.44. The number of benzene rings is 1. The lowest BCUT2D eigenvalue weighted by molar-refractivity contribution is -0.140. The van der Waals surface area contributed by atoms with E-state index >= 15 is 0 Å². The Kier molecular flexibility index (Phi) is 5.78. The lowest BCUT2D eigenvalue weighted by Crippen LogP contribution is -2.38. The van der Waals surface area contributed by atoms with Gasteiger partial charge in [0.2, 0.25) is 5.13 Å². The maximum atomic E-state index is 11.2. The van der Waals surface area contributed by atoms with Gasteiger partial charge < -0.3 is 9.64 Å². The zero-order valence-corrected chi connectivity index (χ0v) is 17.0. The Morgan fingerprint density at radius 1 is 1.33 bits per heavy atom. The minimum absolute atomic E-state index is 0.142. The molecule has 5 nitrogen and oxygen atoms in total. The molecule has 0 aliphatic carbocycles. The summed E-state index contributed by atoms with van der Waals surface area (Å²) in [6.45, 7) is 0.943. The number of aliphatic imine (C=N–C) groups is 1. The summed E-state index contributed by atoms with van der Waals surface area (Å²) in [6, 6.07) is 9.27. The third-order valence-corrected chi connectivity index (χ3v) is 6.95. The van der Waals surface area contributed by atoms with Gasteiger partial charge in [0.15, 0.2) is 5.17 Å². The Balaban J connectivity index is 1.37. The van der Waals surface area contributed by atoms with Crippen molar-refractivity contribution in [3.8, 4) is 0 Å². The number of ether oxygens (including phenoxy) is 1. The minimum Gasteiger partial charge on any atom is -0.469 e. The molecule has 2 aliphatic heterocycles. The number of hydrogen-bond donors (Lipinski definition) is 0. The maximum Gasteiger partial charge on any atom is 0.305 e. The molecular formula is C20H23N3O2S2. The average molecular weight is 402 g/mol. The molecule has 1 atom stereocenters. The van der Waals surface area contributed by atoms with Crippen molar-refractivity contribution in [1.82, 2.24) is 9.88 Å². The molecule has 1 aromatic carbocycles. The van der Waals surface area contributed by atoms with Gasteiger partial charge in [-0.05, 0) is 36.8 Å². The van der Waals surface area contributed by atoms with Crippen LogP contribution in [0.3, 0.4) is 0 Å². The Morgan fingerprint density at radius 2 is 2.19 bits per heavy atom. The van der Waals surface area contributed by atoms with Crippen LogP contribution in [-0.4, -0.2) is 39.9 Å². The number of aromatic nitrogens is 1. The van der Waals surface area contributed by atoms with E-state index in [1.807, 2.05) is 11.8 Å². The summed E-state index contributed by atoms with van der Waals surface area (Å²) in [7, 11) is 1.43. The van der Waals surface area contributed by atoms with Gasteiger partial charge in [0, 0.05) is 30.1 Å². The van der Waals surface area contributed by atoms with Crippen molar-refractivity contribution in [2.75, 3.05) is 12.9 Å². The second kappa shape index (κ2) is 8.44. The van der Waals surface area contributed by atoms with Gasteiger partial charge >= 0.3 is 5.97 Å². The van der Waals surface area contributed by atoms with Gasteiger partial charge in [0.05, 0.1) is 12.8 Å². The van der Waals surface area contributed by atoms with E-state index in [4.69, 9.17) is 4.99 Å². The second-order valence-electron chi connectivity index (χ2n) is 6.86. The van der Waals surface area contributed by atoms with E-state index < -0.39 is 0 Å². The van der Waals surface area contributed by atoms with Gasteiger partial charge in [-0.3, -0.25) is 4.79 Å². The third kappa shape index (κ3) is 4.35. The van der Waals surface area contributed by atoms with E-state index in [0.29, 0.717) is 12.5 Å². The van der Waals surface area contributed by atoms with Crippen LogP contribution in [0.5, 0.6) is 0 Å². The summed E-state index contributed by atoms with van der Waals surface area (Å²) in [5, 5.41) is 4.02. The highest BCUT2D eigenvalue weighted by Crippen LogP contribution is 2.35. The number of fused-ring (bicyclic) bond motifs is 2. The molecular weight excluding hydrogens is 378 g/mol. The number of nitrogens with zero attached hydrogens (tertiary/aromatic N) is 3. The molecule has 2 aromatic rings. The molecule has 0 bridgehead atoms.